The van der Waals surface area contributed by atoms with Gasteiger partial charge < -0.3 is 4.74 Å². The summed E-state index contributed by atoms with van der Waals surface area (Å²) in [7, 11) is 0. The topological polar surface area (TPSA) is 9.23 Å². The maximum atomic E-state index is 6.25. The van der Waals surface area contributed by atoms with Crippen LogP contribution in [-0.4, -0.2) is 6.61 Å². The largest absolute Gasteiger partial charge is 0.489 e. The lowest BCUT2D eigenvalue weighted by atomic mass is 10.0. The maximum absolute atomic E-state index is 6.25. The maximum Gasteiger partial charge on any atom is 0.129 e. The van der Waals surface area contributed by atoms with E-state index in [4.69, 9.17) is 27.9 Å². The van der Waals surface area contributed by atoms with Gasteiger partial charge in [-0.1, -0.05) is 60.1 Å². The molecule has 0 N–H and O–H groups in total. The van der Waals surface area contributed by atoms with Crippen molar-refractivity contribution in [1.82, 2.24) is 0 Å². The molecule has 0 saturated carbocycles. The first-order chi connectivity index (χ1) is 8.74. The molecule has 92 valence electrons. The van der Waals surface area contributed by atoms with Gasteiger partial charge in [-0.25, -0.2) is 0 Å². The fourth-order valence-corrected chi connectivity index (χ4v) is 2.20. The number of hydrogen-bond donors (Lipinski definition) is 0. The Kier molecular flexibility index (Phi) is 4.29. The van der Waals surface area contributed by atoms with Gasteiger partial charge in [0, 0.05) is 16.1 Å². The fraction of sp³-hybridized carbons (Fsp3) is 0.0667. The molecule has 0 spiro atoms. The monoisotopic (exact) mass is 278 g/mol. The normalized spacial score (nSPS) is 10.1. The van der Waals surface area contributed by atoms with Crippen LogP contribution in [0.25, 0.3) is 11.1 Å². The van der Waals surface area contributed by atoms with E-state index in [2.05, 4.69) is 6.58 Å². The number of hydrogen-bond acceptors (Lipinski definition) is 1. The molecule has 0 atom stereocenters. The summed E-state index contributed by atoms with van der Waals surface area (Å²) < 4.78 is 5.62. The highest BCUT2D eigenvalue weighted by Gasteiger charge is 2.12. The van der Waals surface area contributed by atoms with Crippen molar-refractivity contribution in [3.05, 3.63) is 65.2 Å². The predicted octanol–water partition coefficient (Wildman–Crippen LogP) is 5.23. The quantitative estimate of drug-likeness (QED) is 0.697. The molecule has 0 aliphatic rings. The second-order valence-corrected chi connectivity index (χ2v) is 4.51. The first-order valence-corrected chi connectivity index (χ1v) is 6.26. The third kappa shape index (κ3) is 2.69. The van der Waals surface area contributed by atoms with Crippen molar-refractivity contribution >= 4 is 23.2 Å². The Morgan fingerprint density at radius 2 is 1.72 bits per heavy atom. The van der Waals surface area contributed by atoms with Gasteiger partial charge in [-0.05, 0) is 18.2 Å². The van der Waals surface area contributed by atoms with Crippen LogP contribution in [0, 0.1) is 0 Å². The first-order valence-electron chi connectivity index (χ1n) is 5.51. The number of benzene rings is 2. The molecule has 2 rings (SSSR count). The van der Waals surface area contributed by atoms with Gasteiger partial charge in [-0.2, -0.15) is 0 Å². The average molecular weight is 279 g/mol. The summed E-state index contributed by atoms with van der Waals surface area (Å²) in [6.45, 7) is 4.06. The molecule has 0 fully saturated rings. The minimum atomic E-state index is 0.428. The highest BCUT2D eigenvalue weighted by molar-refractivity contribution is 6.36. The van der Waals surface area contributed by atoms with Crippen LogP contribution >= 0.6 is 23.2 Å². The van der Waals surface area contributed by atoms with Crippen LogP contribution in [0.1, 0.15) is 0 Å². The van der Waals surface area contributed by atoms with E-state index in [1.165, 1.54) is 0 Å². The van der Waals surface area contributed by atoms with E-state index in [0.29, 0.717) is 22.4 Å². The van der Waals surface area contributed by atoms with Gasteiger partial charge in [0.05, 0.1) is 5.02 Å². The molecular weight excluding hydrogens is 267 g/mol. The van der Waals surface area contributed by atoms with E-state index >= 15 is 0 Å². The lowest BCUT2D eigenvalue weighted by Crippen LogP contribution is -1.95. The minimum Gasteiger partial charge on any atom is -0.489 e. The average Bonchev–Trinajstić information content (AvgIpc) is 2.38. The van der Waals surface area contributed by atoms with Crippen LogP contribution in [-0.2, 0) is 0 Å². The molecule has 0 unspecified atom stereocenters. The summed E-state index contributed by atoms with van der Waals surface area (Å²) in [6, 6.07) is 13.1. The van der Waals surface area contributed by atoms with Crippen LogP contribution in [0.4, 0.5) is 0 Å². The Hall–Kier alpha value is -1.44. The van der Waals surface area contributed by atoms with Crippen molar-refractivity contribution in [2.24, 2.45) is 0 Å². The summed E-state index contributed by atoms with van der Waals surface area (Å²) in [4.78, 5) is 0. The summed E-state index contributed by atoms with van der Waals surface area (Å²) in [5, 5.41) is 1.26. The SMILES string of the molecule is C=CCOc1cccc(Cl)c1-c1ccccc1Cl. The van der Waals surface area contributed by atoms with Crippen LogP contribution in [0.5, 0.6) is 5.75 Å². The molecule has 18 heavy (non-hydrogen) atoms. The highest BCUT2D eigenvalue weighted by atomic mass is 35.5. The van der Waals surface area contributed by atoms with Crippen LogP contribution in [0.3, 0.4) is 0 Å². The lowest BCUT2D eigenvalue weighted by molar-refractivity contribution is 0.365. The van der Waals surface area contributed by atoms with Gasteiger partial charge in [-0.3, -0.25) is 0 Å². The molecule has 0 saturated heterocycles. The van der Waals surface area contributed by atoms with E-state index in [1.807, 2.05) is 42.5 Å². The van der Waals surface area contributed by atoms with Gasteiger partial charge in [0.2, 0.25) is 0 Å². The lowest BCUT2D eigenvalue weighted by Gasteiger charge is -2.13. The Morgan fingerprint density at radius 1 is 1.00 bits per heavy atom. The van der Waals surface area contributed by atoms with Crippen molar-refractivity contribution in [2.75, 3.05) is 6.61 Å². The molecule has 0 aromatic heterocycles. The molecule has 2 aromatic rings. The summed E-state index contributed by atoms with van der Waals surface area (Å²) in [5.74, 6) is 0.704. The van der Waals surface area contributed by atoms with E-state index in [0.717, 1.165) is 11.1 Å². The van der Waals surface area contributed by atoms with E-state index in [1.54, 1.807) is 6.08 Å². The Bertz CT molecular complexity index is 564. The van der Waals surface area contributed by atoms with Gasteiger partial charge in [0.1, 0.15) is 12.4 Å². The molecular formula is C15H12Cl2O. The van der Waals surface area contributed by atoms with Crippen molar-refractivity contribution in [3.63, 3.8) is 0 Å². The van der Waals surface area contributed by atoms with Gasteiger partial charge in [0.25, 0.3) is 0 Å². The Balaban J connectivity index is 2.55. The van der Waals surface area contributed by atoms with E-state index in [9.17, 15) is 0 Å². The number of halogens is 2. The van der Waals surface area contributed by atoms with Crippen LogP contribution in [0.15, 0.2) is 55.1 Å². The van der Waals surface area contributed by atoms with Crippen LogP contribution in [0.2, 0.25) is 10.0 Å². The van der Waals surface area contributed by atoms with Crippen molar-refractivity contribution in [3.8, 4) is 16.9 Å². The molecule has 2 aromatic carbocycles. The van der Waals surface area contributed by atoms with E-state index < -0.39 is 0 Å². The highest BCUT2D eigenvalue weighted by Crippen LogP contribution is 2.39. The van der Waals surface area contributed by atoms with Crippen molar-refractivity contribution in [2.45, 2.75) is 0 Å². The summed E-state index contributed by atoms with van der Waals surface area (Å²) >= 11 is 12.5. The zero-order chi connectivity index (χ0) is 13.0. The molecule has 1 nitrogen and oxygen atoms in total. The Morgan fingerprint density at radius 3 is 2.44 bits per heavy atom. The first kappa shape index (κ1) is 13.0. The predicted molar refractivity (Wildman–Crippen MR) is 77.6 cm³/mol. The molecule has 0 amide bonds. The Labute approximate surface area is 117 Å². The van der Waals surface area contributed by atoms with Gasteiger partial charge in [-0.15, -0.1) is 0 Å². The summed E-state index contributed by atoms with van der Waals surface area (Å²) in [6.07, 6.45) is 1.69. The second kappa shape index (κ2) is 5.94. The smallest absolute Gasteiger partial charge is 0.129 e. The van der Waals surface area contributed by atoms with Crippen molar-refractivity contribution in [1.29, 1.82) is 0 Å². The summed E-state index contributed by atoms with van der Waals surface area (Å²) in [5.41, 5.74) is 1.68. The van der Waals surface area contributed by atoms with Crippen LogP contribution < -0.4 is 4.74 Å². The van der Waals surface area contributed by atoms with Gasteiger partial charge in [0.15, 0.2) is 0 Å². The minimum absolute atomic E-state index is 0.428. The van der Waals surface area contributed by atoms with E-state index in [-0.39, 0.29) is 0 Å². The zero-order valence-electron chi connectivity index (χ0n) is 9.70. The number of rotatable bonds is 4. The number of ether oxygens (including phenoxy) is 1. The third-order valence-corrected chi connectivity index (χ3v) is 3.12. The standard InChI is InChI=1S/C15H12Cl2O/c1-2-10-18-14-9-5-8-13(17)15(14)11-6-3-4-7-12(11)16/h2-9H,1,10H2. The second-order valence-electron chi connectivity index (χ2n) is 3.69. The zero-order valence-corrected chi connectivity index (χ0v) is 11.2. The molecule has 0 aliphatic carbocycles. The fourth-order valence-electron chi connectivity index (χ4n) is 1.70. The third-order valence-electron chi connectivity index (χ3n) is 2.48. The molecule has 0 heterocycles. The molecule has 0 radical (unpaired) electrons. The van der Waals surface area contributed by atoms with Gasteiger partial charge >= 0.3 is 0 Å². The molecule has 3 heteroatoms. The molecule has 0 aliphatic heterocycles. The van der Waals surface area contributed by atoms with Crippen molar-refractivity contribution < 1.29 is 4.74 Å². The molecule has 0 bridgehead atoms.